The molecule has 1 heterocycles. The van der Waals surface area contributed by atoms with Gasteiger partial charge in [0.05, 0.1) is 0 Å². The zero-order valence-electron chi connectivity index (χ0n) is 11.3. The summed E-state index contributed by atoms with van der Waals surface area (Å²) in [5.41, 5.74) is 1.71. The molecule has 98 valence electrons. The Balaban J connectivity index is 1.74. The molecule has 3 rings (SSSR count). The minimum Gasteiger partial charge on any atom is -0.368 e. The van der Waals surface area contributed by atoms with Gasteiger partial charge in [-0.3, -0.25) is 0 Å². The molecule has 0 amide bonds. The molecule has 1 N–H and O–H groups in total. The first-order chi connectivity index (χ1) is 8.71. The van der Waals surface area contributed by atoms with E-state index in [1.165, 1.54) is 23.4 Å². The van der Waals surface area contributed by atoms with Crippen molar-refractivity contribution in [1.29, 1.82) is 0 Å². The largest absolute Gasteiger partial charge is 0.368 e. The molecule has 0 aromatic heterocycles. The number of thioether (sulfide) groups is 1. The molecule has 18 heavy (non-hydrogen) atoms. The number of benzene rings is 1. The van der Waals surface area contributed by atoms with Crippen molar-refractivity contribution in [3.63, 3.8) is 0 Å². The highest BCUT2D eigenvalue weighted by Gasteiger charge is 2.43. The molecule has 1 saturated carbocycles. The molecule has 1 aliphatic heterocycles. The predicted octanol–water partition coefficient (Wildman–Crippen LogP) is 2.99. The van der Waals surface area contributed by atoms with E-state index in [9.17, 15) is 0 Å². The summed E-state index contributed by atoms with van der Waals surface area (Å²) in [5, 5.41) is 3.73. The summed E-state index contributed by atoms with van der Waals surface area (Å²) in [7, 11) is 0. The number of nitrogens with zero attached hydrogens (tertiary/aromatic N) is 1. The Morgan fingerprint density at radius 1 is 1.28 bits per heavy atom. The number of hydrogen-bond acceptors (Lipinski definition) is 3. The van der Waals surface area contributed by atoms with Crippen LogP contribution in [0.3, 0.4) is 0 Å². The van der Waals surface area contributed by atoms with E-state index in [0.29, 0.717) is 5.54 Å². The summed E-state index contributed by atoms with van der Waals surface area (Å²) < 4.78 is 0. The van der Waals surface area contributed by atoms with Crippen LogP contribution in [0.2, 0.25) is 0 Å². The second-order valence-corrected chi connectivity index (χ2v) is 6.62. The van der Waals surface area contributed by atoms with Gasteiger partial charge in [-0.15, -0.1) is 11.8 Å². The summed E-state index contributed by atoms with van der Waals surface area (Å²) >= 11 is 1.81. The van der Waals surface area contributed by atoms with Crippen LogP contribution in [0.5, 0.6) is 0 Å². The molecule has 1 aliphatic carbocycles. The van der Waals surface area contributed by atoms with Crippen LogP contribution in [-0.2, 0) is 0 Å². The van der Waals surface area contributed by atoms with E-state index in [4.69, 9.17) is 0 Å². The van der Waals surface area contributed by atoms with E-state index in [1.54, 1.807) is 0 Å². The van der Waals surface area contributed by atoms with Crippen LogP contribution in [0.15, 0.2) is 29.2 Å². The van der Waals surface area contributed by atoms with E-state index >= 15 is 0 Å². The average Bonchev–Trinajstić information content (AvgIpc) is 3.24. The highest BCUT2D eigenvalue weighted by Crippen LogP contribution is 2.41. The average molecular weight is 262 g/mol. The summed E-state index contributed by atoms with van der Waals surface area (Å²) in [6.07, 6.45) is 4.94. The van der Waals surface area contributed by atoms with Gasteiger partial charge in [-0.05, 0) is 56.2 Å². The van der Waals surface area contributed by atoms with E-state index in [2.05, 4.69) is 47.7 Å². The third-order valence-corrected chi connectivity index (χ3v) is 5.09. The lowest BCUT2D eigenvalue weighted by Crippen LogP contribution is -2.60. The minimum absolute atomic E-state index is 0.330. The van der Waals surface area contributed by atoms with Crippen molar-refractivity contribution in [3.05, 3.63) is 24.3 Å². The topological polar surface area (TPSA) is 15.3 Å². The fraction of sp³-hybridized carbons (Fsp3) is 0.600. The Labute approximate surface area is 114 Å². The highest BCUT2D eigenvalue weighted by atomic mass is 32.2. The van der Waals surface area contributed by atoms with Gasteiger partial charge in [0.25, 0.3) is 0 Å². The van der Waals surface area contributed by atoms with Crippen molar-refractivity contribution in [2.75, 3.05) is 30.8 Å². The molecule has 1 aromatic carbocycles. The van der Waals surface area contributed by atoms with Gasteiger partial charge in [0.1, 0.15) is 0 Å². The molecule has 1 atom stereocenters. The smallest absolute Gasteiger partial charge is 0.0368 e. The number of piperazine rings is 1. The summed E-state index contributed by atoms with van der Waals surface area (Å²) in [4.78, 5) is 3.89. The Hall–Kier alpha value is -0.670. The van der Waals surface area contributed by atoms with Crippen molar-refractivity contribution in [1.82, 2.24) is 5.32 Å². The molecule has 3 heteroatoms. The van der Waals surface area contributed by atoms with E-state index in [1.807, 2.05) is 11.8 Å². The third-order valence-electron chi connectivity index (χ3n) is 4.35. The SMILES string of the molecule is CSc1ccc(N2CCNC(C)(C3CC3)C2)cc1. The predicted molar refractivity (Wildman–Crippen MR) is 79.6 cm³/mol. The molecule has 1 saturated heterocycles. The molecular formula is C15H22N2S. The van der Waals surface area contributed by atoms with Crippen LogP contribution >= 0.6 is 11.8 Å². The first-order valence-electron chi connectivity index (χ1n) is 6.85. The second kappa shape index (κ2) is 4.78. The Kier molecular flexibility index (Phi) is 3.29. The summed E-state index contributed by atoms with van der Waals surface area (Å²) in [6, 6.07) is 9.00. The highest BCUT2D eigenvalue weighted by molar-refractivity contribution is 7.98. The molecule has 2 aliphatic rings. The zero-order valence-corrected chi connectivity index (χ0v) is 12.1. The van der Waals surface area contributed by atoms with Gasteiger partial charge < -0.3 is 10.2 Å². The third kappa shape index (κ3) is 2.39. The van der Waals surface area contributed by atoms with E-state index in [0.717, 1.165) is 25.6 Å². The molecule has 2 nitrogen and oxygen atoms in total. The van der Waals surface area contributed by atoms with Gasteiger partial charge in [-0.1, -0.05) is 0 Å². The van der Waals surface area contributed by atoms with E-state index < -0.39 is 0 Å². The normalized spacial score (nSPS) is 28.4. The molecule has 0 spiro atoms. The standard InChI is InChI=1S/C15H22N2S/c1-15(12-3-4-12)11-17(10-9-16-15)13-5-7-14(18-2)8-6-13/h5-8,12,16H,3-4,9-11H2,1-2H3. The summed E-state index contributed by atoms with van der Waals surface area (Å²) in [5.74, 6) is 0.894. The van der Waals surface area contributed by atoms with E-state index in [-0.39, 0.29) is 0 Å². The van der Waals surface area contributed by atoms with Crippen LogP contribution < -0.4 is 10.2 Å². The first kappa shape index (κ1) is 12.4. The van der Waals surface area contributed by atoms with Crippen LogP contribution in [0.4, 0.5) is 5.69 Å². The molecule has 2 fully saturated rings. The number of anilines is 1. The maximum Gasteiger partial charge on any atom is 0.0368 e. The monoisotopic (exact) mass is 262 g/mol. The maximum absolute atomic E-state index is 3.73. The van der Waals surface area contributed by atoms with Gasteiger partial charge in [0.15, 0.2) is 0 Å². The molecule has 1 aromatic rings. The minimum atomic E-state index is 0.330. The lowest BCUT2D eigenvalue weighted by atomic mass is 9.92. The van der Waals surface area contributed by atoms with Gasteiger partial charge in [-0.2, -0.15) is 0 Å². The van der Waals surface area contributed by atoms with Crippen molar-refractivity contribution < 1.29 is 0 Å². The van der Waals surface area contributed by atoms with Crippen molar-refractivity contribution >= 4 is 17.4 Å². The van der Waals surface area contributed by atoms with Crippen molar-refractivity contribution in [3.8, 4) is 0 Å². The molecule has 1 unspecified atom stereocenters. The first-order valence-corrected chi connectivity index (χ1v) is 8.08. The Bertz CT molecular complexity index is 413. The van der Waals surface area contributed by atoms with Gasteiger partial charge in [0.2, 0.25) is 0 Å². The number of hydrogen-bond donors (Lipinski definition) is 1. The molecule has 0 bridgehead atoms. The molecular weight excluding hydrogens is 240 g/mol. The fourth-order valence-electron chi connectivity index (χ4n) is 3.02. The fourth-order valence-corrected chi connectivity index (χ4v) is 3.42. The Morgan fingerprint density at radius 3 is 2.61 bits per heavy atom. The zero-order chi connectivity index (χ0) is 12.6. The van der Waals surface area contributed by atoms with Crippen LogP contribution in [0.25, 0.3) is 0 Å². The van der Waals surface area contributed by atoms with Crippen LogP contribution in [0, 0.1) is 5.92 Å². The number of rotatable bonds is 3. The maximum atomic E-state index is 3.73. The number of nitrogens with one attached hydrogen (secondary N) is 1. The lowest BCUT2D eigenvalue weighted by Gasteiger charge is -2.43. The quantitative estimate of drug-likeness (QED) is 0.843. The summed E-state index contributed by atoms with van der Waals surface area (Å²) in [6.45, 7) is 5.78. The van der Waals surface area contributed by atoms with Crippen molar-refractivity contribution in [2.45, 2.75) is 30.2 Å². The second-order valence-electron chi connectivity index (χ2n) is 5.74. The van der Waals surface area contributed by atoms with Gasteiger partial charge in [-0.25, -0.2) is 0 Å². The van der Waals surface area contributed by atoms with Gasteiger partial charge >= 0.3 is 0 Å². The van der Waals surface area contributed by atoms with Crippen LogP contribution in [-0.4, -0.2) is 31.4 Å². The lowest BCUT2D eigenvalue weighted by molar-refractivity contribution is 0.285. The molecule has 0 radical (unpaired) electrons. The Morgan fingerprint density at radius 2 is 2.00 bits per heavy atom. The van der Waals surface area contributed by atoms with Gasteiger partial charge in [0, 0.05) is 35.8 Å². The van der Waals surface area contributed by atoms with Crippen LogP contribution in [0.1, 0.15) is 19.8 Å². The van der Waals surface area contributed by atoms with Crippen molar-refractivity contribution in [2.24, 2.45) is 5.92 Å².